The van der Waals surface area contributed by atoms with E-state index >= 15 is 0 Å². The van der Waals surface area contributed by atoms with Gasteiger partial charge in [0.2, 0.25) is 0 Å². The Morgan fingerprint density at radius 3 is 2.59 bits per heavy atom. The lowest BCUT2D eigenvalue weighted by molar-refractivity contribution is 0.625. The topological polar surface area (TPSA) is 17.3 Å². The number of pyridine rings is 1. The van der Waals surface area contributed by atoms with Gasteiger partial charge in [0, 0.05) is 29.9 Å². The van der Waals surface area contributed by atoms with Crippen molar-refractivity contribution in [3.63, 3.8) is 0 Å². The van der Waals surface area contributed by atoms with E-state index in [-0.39, 0.29) is 5.82 Å². The van der Waals surface area contributed by atoms with Gasteiger partial charge in [0.15, 0.2) is 0 Å². The Hall–Kier alpha value is -2.51. The molecule has 2 heterocycles. The fourth-order valence-corrected chi connectivity index (χ4v) is 3.96. The quantitative estimate of drug-likeness (QED) is 0.509. The van der Waals surface area contributed by atoms with Gasteiger partial charge >= 0.3 is 0 Å². The van der Waals surface area contributed by atoms with E-state index in [0.29, 0.717) is 6.54 Å². The minimum Gasteiger partial charge on any atom is -0.347 e. The molecule has 27 heavy (non-hydrogen) atoms. The van der Waals surface area contributed by atoms with Crippen molar-refractivity contribution in [2.75, 3.05) is 0 Å². The van der Waals surface area contributed by atoms with E-state index in [1.807, 2.05) is 13.1 Å². The molecular formula is C23H22FN2P. The first-order valence-electron chi connectivity index (χ1n) is 9.16. The molecule has 1 aliphatic rings. The SMILES string of the molecule is CCc1cc(F)ccc1C1=NCc2cc(=P)n(C)cc2-c2cc(C)ccc21. The van der Waals surface area contributed by atoms with Crippen LogP contribution >= 0.6 is 8.86 Å². The maximum atomic E-state index is 13.8. The van der Waals surface area contributed by atoms with E-state index in [9.17, 15) is 4.39 Å². The third-order valence-electron chi connectivity index (χ3n) is 5.19. The first kappa shape index (κ1) is 17.9. The van der Waals surface area contributed by atoms with Gasteiger partial charge in [-0.25, -0.2) is 4.39 Å². The van der Waals surface area contributed by atoms with Crippen LogP contribution in [-0.4, -0.2) is 10.3 Å². The van der Waals surface area contributed by atoms with Gasteiger partial charge in [-0.15, -0.1) is 0 Å². The van der Waals surface area contributed by atoms with Crippen molar-refractivity contribution in [2.45, 2.75) is 26.8 Å². The molecule has 0 saturated heterocycles. The lowest BCUT2D eigenvalue weighted by Crippen LogP contribution is -2.08. The summed E-state index contributed by atoms with van der Waals surface area (Å²) in [6, 6.07) is 13.6. The van der Waals surface area contributed by atoms with E-state index in [4.69, 9.17) is 4.99 Å². The van der Waals surface area contributed by atoms with Crippen LogP contribution in [0.5, 0.6) is 0 Å². The highest BCUT2D eigenvalue weighted by Gasteiger charge is 2.21. The summed E-state index contributed by atoms with van der Waals surface area (Å²) >= 11 is 0. The molecule has 136 valence electrons. The summed E-state index contributed by atoms with van der Waals surface area (Å²) in [6.45, 7) is 4.75. The molecule has 0 saturated carbocycles. The normalized spacial score (nSPS) is 12.8. The minimum absolute atomic E-state index is 0.201. The molecule has 2 nitrogen and oxygen atoms in total. The van der Waals surface area contributed by atoms with Crippen LogP contribution in [0.1, 0.15) is 34.7 Å². The highest BCUT2D eigenvalue weighted by atomic mass is 31.0. The number of hydrogen-bond acceptors (Lipinski definition) is 1. The lowest BCUT2D eigenvalue weighted by Gasteiger charge is -2.15. The Balaban J connectivity index is 2.02. The van der Waals surface area contributed by atoms with Crippen molar-refractivity contribution < 1.29 is 4.39 Å². The van der Waals surface area contributed by atoms with E-state index in [1.54, 1.807) is 6.07 Å². The molecule has 0 amide bonds. The summed E-state index contributed by atoms with van der Waals surface area (Å²) in [6.07, 6.45) is 2.92. The third kappa shape index (κ3) is 3.17. The first-order chi connectivity index (χ1) is 13.0. The van der Waals surface area contributed by atoms with E-state index in [2.05, 4.69) is 57.7 Å². The van der Waals surface area contributed by atoms with Crippen molar-refractivity contribution in [1.82, 2.24) is 4.57 Å². The van der Waals surface area contributed by atoms with Gasteiger partial charge in [0.05, 0.1) is 17.3 Å². The number of hydrogen-bond donors (Lipinski definition) is 0. The van der Waals surface area contributed by atoms with Gasteiger partial charge < -0.3 is 4.57 Å². The zero-order valence-electron chi connectivity index (χ0n) is 15.8. The smallest absolute Gasteiger partial charge is 0.123 e. The van der Waals surface area contributed by atoms with Crippen LogP contribution in [0, 0.1) is 17.8 Å². The van der Waals surface area contributed by atoms with Crippen LogP contribution in [0.3, 0.4) is 0 Å². The van der Waals surface area contributed by atoms with E-state index in [0.717, 1.165) is 33.9 Å². The molecule has 0 atom stereocenters. The number of nitrogens with zero attached hydrogens (tertiary/aromatic N) is 2. The highest BCUT2D eigenvalue weighted by Crippen LogP contribution is 2.34. The second kappa shape index (κ2) is 6.90. The molecule has 0 aliphatic carbocycles. The predicted molar refractivity (Wildman–Crippen MR) is 112 cm³/mol. The summed E-state index contributed by atoms with van der Waals surface area (Å²) in [4.78, 5) is 4.98. The van der Waals surface area contributed by atoms with Crippen molar-refractivity contribution >= 4 is 14.6 Å². The fraction of sp³-hybridized carbons (Fsp3) is 0.217. The Labute approximate surface area is 161 Å². The number of halogens is 1. The maximum absolute atomic E-state index is 13.8. The summed E-state index contributed by atoms with van der Waals surface area (Å²) in [7, 11) is 5.70. The lowest BCUT2D eigenvalue weighted by atomic mass is 9.90. The second-order valence-corrected chi connectivity index (χ2v) is 7.59. The number of aromatic nitrogens is 1. The van der Waals surface area contributed by atoms with E-state index < -0.39 is 0 Å². The summed E-state index contributed by atoms with van der Waals surface area (Å²) in [5.41, 5.74) is 8.80. The molecule has 0 bridgehead atoms. The summed E-state index contributed by atoms with van der Waals surface area (Å²) in [5.74, 6) is -0.201. The van der Waals surface area contributed by atoms with Crippen LogP contribution in [0.15, 0.2) is 53.7 Å². The predicted octanol–water partition coefficient (Wildman–Crippen LogP) is 5.73. The van der Waals surface area contributed by atoms with Gasteiger partial charge in [-0.2, -0.15) is 0 Å². The standard InChI is InChI=1S/C23H22FN2P/c1-4-15-10-17(24)6-8-18(15)23-19-7-5-14(2)9-20(19)21-13-26(3)22(27)11-16(21)12-25-23/h5-11,13,27H,4,12H2,1-3H3. The number of aliphatic imine (C=N–C) groups is 1. The molecule has 3 aromatic rings. The minimum atomic E-state index is -0.201. The Kier molecular flexibility index (Phi) is 4.57. The molecule has 1 aliphatic heterocycles. The van der Waals surface area contributed by atoms with Gasteiger partial charge in [0.25, 0.3) is 0 Å². The van der Waals surface area contributed by atoms with Crippen molar-refractivity contribution in [2.24, 2.45) is 12.0 Å². The van der Waals surface area contributed by atoms with Crippen molar-refractivity contribution in [1.29, 1.82) is 0 Å². The Morgan fingerprint density at radius 1 is 1.04 bits per heavy atom. The molecule has 0 spiro atoms. The van der Waals surface area contributed by atoms with Crippen LogP contribution in [0.4, 0.5) is 4.39 Å². The summed E-state index contributed by atoms with van der Waals surface area (Å²) in [5, 5.41) is 1.01. The van der Waals surface area contributed by atoms with Crippen LogP contribution < -0.4 is 0 Å². The molecule has 4 heteroatoms. The largest absolute Gasteiger partial charge is 0.347 e. The molecule has 0 fully saturated rings. The first-order valence-corrected chi connectivity index (χ1v) is 9.66. The van der Waals surface area contributed by atoms with Gasteiger partial charge in [-0.3, -0.25) is 4.99 Å². The summed E-state index contributed by atoms with van der Waals surface area (Å²) < 4.78 is 15.9. The third-order valence-corrected chi connectivity index (χ3v) is 5.69. The molecular weight excluding hydrogens is 354 g/mol. The second-order valence-electron chi connectivity index (χ2n) is 7.08. The number of rotatable bonds is 2. The molecule has 4 rings (SSSR count). The monoisotopic (exact) mass is 376 g/mol. The van der Waals surface area contributed by atoms with Crippen LogP contribution in [0.2, 0.25) is 0 Å². The fourth-order valence-electron chi connectivity index (χ4n) is 3.72. The average molecular weight is 376 g/mol. The average Bonchev–Trinajstić information content (AvgIpc) is 2.79. The maximum Gasteiger partial charge on any atom is 0.123 e. The zero-order chi connectivity index (χ0) is 19.1. The van der Waals surface area contributed by atoms with Gasteiger partial charge in [-0.05, 0) is 54.3 Å². The van der Waals surface area contributed by atoms with Crippen LogP contribution in [0.25, 0.3) is 11.1 Å². The van der Waals surface area contributed by atoms with Crippen LogP contribution in [-0.2, 0) is 20.0 Å². The number of aryl methyl sites for hydroxylation is 3. The Morgan fingerprint density at radius 2 is 1.81 bits per heavy atom. The highest BCUT2D eigenvalue weighted by molar-refractivity contribution is 7.06. The molecule has 1 aromatic heterocycles. The van der Waals surface area contributed by atoms with Crippen molar-refractivity contribution in [3.8, 4) is 11.1 Å². The Bertz CT molecular complexity index is 1140. The van der Waals surface area contributed by atoms with Crippen molar-refractivity contribution in [3.05, 3.63) is 87.4 Å². The van der Waals surface area contributed by atoms with E-state index in [1.165, 1.54) is 28.3 Å². The number of fused-ring (bicyclic) bond motifs is 3. The van der Waals surface area contributed by atoms with Gasteiger partial charge in [-0.1, -0.05) is 39.5 Å². The zero-order valence-corrected chi connectivity index (χ0v) is 16.8. The molecule has 0 N–H and O–H groups in total. The molecule has 2 aromatic carbocycles. The molecule has 0 unspecified atom stereocenters. The van der Waals surface area contributed by atoms with Gasteiger partial charge in [0.1, 0.15) is 5.82 Å². The molecule has 0 radical (unpaired) electrons. The number of benzene rings is 2.